The number of rotatable bonds is 3. The molecule has 0 aromatic rings. The molecule has 1 amide bonds. The Bertz CT molecular complexity index is 213. The first kappa shape index (κ1) is 15.7. The van der Waals surface area contributed by atoms with Crippen LogP contribution in [0.4, 0.5) is 0 Å². The Kier molecular flexibility index (Phi) is 7.00. The van der Waals surface area contributed by atoms with Gasteiger partial charge in [-0.1, -0.05) is 20.8 Å². The number of amides is 1. The molecule has 96 valence electrons. The molecule has 0 aliphatic heterocycles. The van der Waals surface area contributed by atoms with Gasteiger partial charge in [-0.15, -0.1) is 12.4 Å². The van der Waals surface area contributed by atoms with Crippen LogP contribution in [-0.2, 0) is 4.79 Å². The molecule has 3 atom stereocenters. The molecule has 0 radical (unpaired) electrons. The highest BCUT2D eigenvalue weighted by molar-refractivity contribution is 5.85. The summed E-state index contributed by atoms with van der Waals surface area (Å²) in [6, 6.07) is 0.00592. The van der Waals surface area contributed by atoms with E-state index < -0.39 is 0 Å². The lowest BCUT2D eigenvalue weighted by atomic mass is 9.80. The molecule has 1 fully saturated rings. The molecule has 1 rings (SSSR count). The molecule has 3 nitrogen and oxygen atoms in total. The Balaban J connectivity index is 0.00000225. The van der Waals surface area contributed by atoms with Gasteiger partial charge in [-0.05, 0) is 37.5 Å². The molecular formula is C12H25ClN2O. The van der Waals surface area contributed by atoms with Crippen LogP contribution in [0.3, 0.4) is 0 Å². The largest absolute Gasteiger partial charge is 0.352 e. The number of halogens is 1. The van der Waals surface area contributed by atoms with Crippen LogP contribution in [0.5, 0.6) is 0 Å². The van der Waals surface area contributed by atoms with Crippen molar-refractivity contribution in [2.75, 3.05) is 0 Å². The van der Waals surface area contributed by atoms with Gasteiger partial charge in [0.2, 0.25) is 5.91 Å². The molecule has 4 heteroatoms. The van der Waals surface area contributed by atoms with Gasteiger partial charge in [-0.25, -0.2) is 0 Å². The maximum Gasteiger partial charge on any atom is 0.237 e. The highest BCUT2D eigenvalue weighted by Crippen LogP contribution is 2.28. The van der Waals surface area contributed by atoms with Gasteiger partial charge < -0.3 is 11.1 Å². The summed E-state index contributed by atoms with van der Waals surface area (Å²) < 4.78 is 0. The second-order valence-corrected chi connectivity index (χ2v) is 5.14. The second-order valence-electron chi connectivity index (χ2n) is 5.14. The first-order valence-electron chi connectivity index (χ1n) is 6.08. The first-order valence-corrected chi connectivity index (χ1v) is 6.08. The van der Waals surface area contributed by atoms with Gasteiger partial charge in [-0.2, -0.15) is 0 Å². The summed E-state index contributed by atoms with van der Waals surface area (Å²) in [6.07, 6.45) is 4.20. The van der Waals surface area contributed by atoms with Gasteiger partial charge in [0.1, 0.15) is 0 Å². The number of carbonyl (C=O) groups is 1. The van der Waals surface area contributed by atoms with Crippen LogP contribution in [0.1, 0.15) is 46.5 Å². The van der Waals surface area contributed by atoms with E-state index in [1.165, 1.54) is 6.42 Å². The van der Waals surface area contributed by atoms with Gasteiger partial charge in [-0.3, -0.25) is 4.79 Å². The number of hydrogen-bond donors (Lipinski definition) is 2. The van der Waals surface area contributed by atoms with Gasteiger partial charge in [0.05, 0.1) is 6.04 Å². The molecule has 3 N–H and O–H groups in total. The predicted octanol–water partition coefficient (Wildman–Crippen LogP) is 2.09. The van der Waals surface area contributed by atoms with Crippen LogP contribution in [0, 0.1) is 11.8 Å². The van der Waals surface area contributed by atoms with Crippen molar-refractivity contribution in [3.63, 3.8) is 0 Å². The van der Waals surface area contributed by atoms with E-state index in [0.29, 0.717) is 12.5 Å². The number of carbonyl (C=O) groups excluding carboxylic acids is 1. The molecule has 1 aliphatic carbocycles. The van der Waals surface area contributed by atoms with Crippen molar-refractivity contribution in [3.8, 4) is 0 Å². The Morgan fingerprint density at radius 2 is 1.81 bits per heavy atom. The van der Waals surface area contributed by atoms with Gasteiger partial charge in [0, 0.05) is 6.04 Å². The molecule has 1 aliphatic rings. The normalized spacial score (nSPS) is 31.4. The maximum absolute atomic E-state index is 11.6. The molecule has 16 heavy (non-hydrogen) atoms. The van der Waals surface area contributed by atoms with E-state index in [4.69, 9.17) is 5.73 Å². The van der Waals surface area contributed by atoms with E-state index in [-0.39, 0.29) is 24.4 Å². The van der Waals surface area contributed by atoms with Crippen molar-refractivity contribution >= 4 is 18.3 Å². The fourth-order valence-electron chi connectivity index (χ4n) is 2.56. The minimum Gasteiger partial charge on any atom is -0.352 e. The van der Waals surface area contributed by atoms with Gasteiger partial charge in [0.15, 0.2) is 0 Å². The maximum atomic E-state index is 11.6. The third-order valence-electron chi connectivity index (χ3n) is 3.30. The van der Waals surface area contributed by atoms with Gasteiger partial charge in [0.25, 0.3) is 0 Å². The first-order chi connectivity index (χ1) is 7.02. The van der Waals surface area contributed by atoms with Crippen molar-refractivity contribution in [2.24, 2.45) is 17.6 Å². The van der Waals surface area contributed by atoms with E-state index in [1.54, 1.807) is 0 Å². The average Bonchev–Trinajstić information content (AvgIpc) is 2.14. The van der Waals surface area contributed by atoms with E-state index in [1.807, 2.05) is 6.92 Å². The fraction of sp³-hybridized carbons (Fsp3) is 0.917. The van der Waals surface area contributed by atoms with Crippen LogP contribution in [0.15, 0.2) is 0 Å². The molecule has 0 aromatic heterocycles. The molecule has 0 saturated heterocycles. The van der Waals surface area contributed by atoms with Gasteiger partial charge >= 0.3 is 0 Å². The summed E-state index contributed by atoms with van der Waals surface area (Å²) in [5, 5.41) is 3.07. The number of hydrogen-bond acceptors (Lipinski definition) is 2. The predicted molar refractivity (Wildman–Crippen MR) is 69.6 cm³/mol. The Labute approximate surface area is 105 Å². The van der Waals surface area contributed by atoms with Crippen LogP contribution in [0.2, 0.25) is 0 Å². The molecular weight excluding hydrogens is 224 g/mol. The fourth-order valence-corrected chi connectivity index (χ4v) is 2.56. The summed E-state index contributed by atoms with van der Waals surface area (Å²) in [4.78, 5) is 11.6. The van der Waals surface area contributed by atoms with Crippen molar-refractivity contribution < 1.29 is 4.79 Å². The van der Waals surface area contributed by atoms with Crippen LogP contribution < -0.4 is 11.1 Å². The lowest BCUT2D eigenvalue weighted by molar-refractivity contribution is -0.123. The molecule has 0 spiro atoms. The van der Waals surface area contributed by atoms with E-state index in [0.717, 1.165) is 24.7 Å². The van der Waals surface area contributed by atoms with E-state index in [9.17, 15) is 4.79 Å². The molecule has 2 unspecified atom stereocenters. The monoisotopic (exact) mass is 248 g/mol. The molecule has 0 aromatic carbocycles. The highest BCUT2D eigenvalue weighted by Gasteiger charge is 2.25. The van der Waals surface area contributed by atoms with Crippen LogP contribution in [0.25, 0.3) is 0 Å². The second kappa shape index (κ2) is 7.13. The van der Waals surface area contributed by atoms with Crippen molar-refractivity contribution in [1.29, 1.82) is 0 Å². The Morgan fingerprint density at radius 3 is 2.25 bits per heavy atom. The average molecular weight is 249 g/mol. The molecule has 1 saturated carbocycles. The standard InChI is InChI=1S/C12H24N2O.ClH/c1-4-11(13)12(15)14-10-6-8(2)5-9(3)7-10;/h8-11H,4-7,13H2,1-3H3,(H,14,15);1H/t8?,9?,10?,11-;/m0./s1. The van der Waals surface area contributed by atoms with Crippen molar-refractivity contribution in [3.05, 3.63) is 0 Å². The zero-order valence-electron chi connectivity index (χ0n) is 10.5. The van der Waals surface area contributed by atoms with Crippen LogP contribution >= 0.6 is 12.4 Å². The lowest BCUT2D eigenvalue weighted by Crippen LogP contribution is -2.47. The SMILES string of the molecule is CC[C@H](N)C(=O)NC1CC(C)CC(C)C1.Cl. The minimum atomic E-state index is -0.336. The quantitative estimate of drug-likeness (QED) is 0.804. The third kappa shape index (κ3) is 4.71. The zero-order chi connectivity index (χ0) is 11.4. The smallest absolute Gasteiger partial charge is 0.237 e. The lowest BCUT2D eigenvalue weighted by Gasteiger charge is -2.32. The number of nitrogens with two attached hydrogens (primary N) is 1. The summed E-state index contributed by atoms with van der Waals surface area (Å²) in [5.41, 5.74) is 5.69. The topological polar surface area (TPSA) is 55.1 Å². The molecule has 0 heterocycles. The summed E-state index contributed by atoms with van der Waals surface area (Å²) in [5.74, 6) is 1.46. The molecule has 0 bridgehead atoms. The summed E-state index contributed by atoms with van der Waals surface area (Å²) in [7, 11) is 0. The zero-order valence-corrected chi connectivity index (χ0v) is 11.3. The highest BCUT2D eigenvalue weighted by atomic mass is 35.5. The Morgan fingerprint density at radius 1 is 1.31 bits per heavy atom. The minimum absolute atomic E-state index is 0. The van der Waals surface area contributed by atoms with E-state index in [2.05, 4.69) is 19.2 Å². The summed E-state index contributed by atoms with van der Waals surface area (Å²) in [6.45, 7) is 6.46. The third-order valence-corrected chi connectivity index (χ3v) is 3.30. The summed E-state index contributed by atoms with van der Waals surface area (Å²) >= 11 is 0. The Hall–Kier alpha value is -0.280. The van der Waals surface area contributed by atoms with Crippen LogP contribution in [-0.4, -0.2) is 18.0 Å². The van der Waals surface area contributed by atoms with Crippen molar-refractivity contribution in [2.45, 2.75) is 58.5 Å². The van der Waals surface area contributed by atoms with Crippen molar-refractivity contribution in [1.82, 2.24) is 5.32 Å². The number of nitrogens with one attached hydrogen (secondary N) is 1. The van der Waals surface area contributed by atoms with E-state index >= 15 is 0 Å².